The zero-order valence-electron chi connectivity index (χ0n) is 14.6. The fourth-order valence-electron chi connectivity index (χ4n) is 2.41. The predicted molar refractivity (Wildman–Crippen MR) is 104 cm³/mol. The third-order valence-electron chi connectivity index (χ3n) is 3.77. The van der Waals surface area contributed by atoms with Crippen molar-refractivity contribution in [2.45, 2.75) is 0 Å². The van der Waals surface area contributed by atoms with Crippen molar-refractivity contribution in [2.24, 2.45) is 0 Å². The molecule has 1 heterocycles. The Morgan fingerprint density at radius 1 is 1.14 bits per heavy atom. The number of hydrogen-bond acceptors (Lipinski definition) is 4. The van der Waals surface area contributed by atoms with Crippen LogP contribution < -0.4 is 5.32 Å². The van der Waals surface area contributed by atoms with Crippen LogP contribution in [0.25, 0.3) is 11.3 Å². The SMILES string of the molecule is CN(CC(=O)Nc1ccc(Cl)c(Cl)c1)C(=O)c1cc(-c2cccc(F)c2)no1. The quantitative estimate of drug-likeness (QED) is 0.657. The zero-order valence-corrected chi connectivity index (χ0v) is 16.1. The molecule has 2 amide bonds. The Bertz CT molecular complexity index is 1040. The summed E-state index contributed by atoms with van der Waals surface area (Å²) >= 11 is 11.7. The third-order valence-corrected chi connectivity index (χ3v) is 4.51. The number of aromatic nitrogens is 1. The van der Waals surface area contributed by atoms with E-state index in [0.717, 1.165) is 0 Å². The summed E-state index contributed by atoms with van der Waals surface area (Å²) in [4.78, 5) is 25.8. The second-order valence-corrected chi connectivity index (χ2v) is 6.74. The van der Waals surface area contributed by atoms with Gasteiger partial charge in [0, 0.05) is 24.4 Å². The number of nitrogens with zero attached hydrogens (tertiary/aromatic N) is 2. The van der Waals surface area contributed by atoms with E-state index < -0.39 is 17.6 Å². The lowest BCUT2D eigenvalue weighted by Gasteiger charge is -2.15. The molecule has 1 aromatic heterocycles. The first-order valence-electron chi connectivity index (χ1n) is 8.06. The van der Waals surface area contributed by atoms with E-state index >= 15 is 0 Å². The lowest BCUT2D eigenvalue weighted by atomic mass is 10.1. The van der Waals surface area contributed by atoms with Crippen molar-refractivity contribution in [3.63, 3.8) is 0 Å². The molecular weight excluding hydrogens is 408 g/mol. The largest absolute Gasteiger partial charge is 0.350 e. The highest BCUT2D eigenvalue weighted by molar-refractivity contribution is 6.42. The number of rotatable bonds is 5. The molecule has 0 aliphatic rings. The minimum atomic E-state index is -0.542. The van der Waals surface area contributed by atoms with Gasteiger partial charge in [-0.3, -0.25) is 9.59 Å². The minimum Gasteiger partial charge on any atom is -0.350 e. The molecular formula is C19H14Cl2FN3O3. The molecule has 0 aliphatic heterocycles. The van der Waals surface area contributed by atoms with E-state index in [4.69, 9.17) is 27.7 Å². The van der Waals surface area contributed by atoms with E-state index in [2.05, 4.69) is 10.5 Å². The highest BCUT2D eigenvalue weighted by Crippen LogP contribution is 2.25. The van der Waals surface area contributed by atoms with Gasteiger partial charge in [-0.2, -0.15) is 0 Å². The number of carbonyl (C=O) groups excluding carboxylic acids is 2. The Hall–Kier alpha value is -2.90. The molecule has 0 saturated carbocycles. The van der Waals surface area contributed by atoms with Gasteiger partial charge in [0.2, 0.25) is 11.7 Å². The van der Waals surface area contributed by atoms with Gasteiger partial charge < -0.3 is 14.7 Å². The third kappa shape index (κ3) is 4.68. The summed E-state index contributed by atoms with van der Waals surface area (Å²) in [6.07, 6.45) is 0. The number of halogens is 3. The van der Waals surface area contributed by atoms with Gasteiger partial charge in [0.05, 0.1) is 16.6 Å². The Morgan fingerprint density at radius 3 is 2.64 bits per heavy atom. The summed E-state index contributed by atoms with van der Waals surface area (Å²) in [6.45, 7) is -0.227. The minimum absolute atomic E-state index is 0.0656. The van der Waals surface area contributed by atoms with Crippen LogP contribution in [0.3, 0.4) is 0 Å². The van der Waals surface area contributed by atoms with E-state index in [0.29, 0.717) is 27.0 Å². The van der Waals surface area contributed by atoms with Crippen molar-refractivity contribution in [1.29, 1.82) is 0 Å². The van der Waals surface area contributed by atoms with Gasteiger partial charge >= 0.3 is 0 Å². The van der Waals surface area contributed by atoms with E-state index in [-0.39, 0.29) is 12.3 Å². The monoisotopic (exact) mass is 421 g/mol. The Morgan fingerprint density at radius 2 is 1.93 bits per heavy atom. The number of anilines is 1. The molecule has 0 bridgehead atoms. The summed E-state index contributed by atoms with van der Waals surface area (Å²) in [5.74, 6) is -1.47. The van der Waals surface area contributed by atoms with Gasteiger partial charge in [-0.05, 0) is 30.3 Å². The molecule has 2 aromatic carbocycles. The summed E-state index contributed by atoms with van der Waals surface area (Å²) < 4.78 is 18.4. The van der Waals surface area contributed by atoms with E-state index in [1.807, 2.05) is 0 Å². The van der Waals surface area contributed by atoms with Crippen molar-refractivity contribution < 1.29 is 18.5 Å². The van der Waals surface area contributed by atoms with Crippen molar-refractivity contribution >= 4 is 40.7 Å². The zero-order chi connectivity index (χ0) is 20.3. The molecule has 9 heteroatoms. The number of carbonyl (C=O) groups is 2. The van der Waals surface area contributed by atoms with Crippen molar-refractivity contribution in [3.05, 3.63) is 70.2 Å². The second-order valence-electron chi connectivity index (χ2n) is 5.93. The van der Waals surface area contributed by atoms with Crippen LogP contribution in [0.4, 0.5) is 10.1 Å². The number of nitrogens with one attached hydrogen (secondary N) is 1. The molecule has 28 heavy (non-hydrogen) atoms. The van der Waals surface area contributed by atoms with Crippen LogP contribution in [0.2, 0.25) is 10.0 Å². The molecule has 0 aliphatic carbocycles. The average molecular weight is 422 g/mol. The van der Waals surface area contributed by atoms with Crippen molar-refractivity contribution in [3.8, 4) is 11.3 Å². The number of likely N-dealkylation sites (N-methyl/N-ethyl adjacent to an activating group) is 1. The lowest BCUT2D eigenvalue weighted by molar-refractivity contribution is -0.116. The number of amides is 2. The first-order valence-corrected chi connectivity index (χ1v) is 8.82. The molecule has 0 saturated heterocycles. The van der Waals surface area contributed by atoms with E-state index in [1.165, 1.54) is 42.3 Å². The standard InChI is InChI=1S/C19H14Cl2FN3O3/c1-25(10-18(26)23-13-5-6-14(20)15(21)8-13)19(27)17-9-16(24-28-17)11-3-2-4-12(22)7-11/h2-9H,10H2,1H3,(H,23,26). The first kappa shape index (κ1) is 19.9. The Labute approximate surface area is 169 Å². The van der Waals surface area contributed by atoms with Gasteiger partial charge in [0.25, 0.3) is 5.91 Å². The normalized spacial score (nSPS) is 10.6. The van der Waals surface area contributed by atoms with Gasteiger partial charge in [0.15, 0.2) is 0 Å². The molecule has 0 fully saturated rings. The van der Waals surface area contributed by atoms with Crippen molar-refractivity contribution in [2.75, 3.05) is 18.9 Å². The molecule has 6 nitrogen and oxygen atoms in total. The molecule has 3 aromatic rings. The molecule has 144 valence electrons. The summed E-state index contributed by atoms with van der Waals surface area (Å²) in [5.41, 5.74) is 1.24. The molecule has 0 unspecified atom stereocenters. The summed E-state index contributed by atoms with van der Waals surface area (Å²) in [7, 11) is 1.45. The fourth-order valence-corrected chi connectivity index (χ4v) is 2.71. The Balaban J connectivity index is 1.64. The smallest absolute Gasteiger partial charge is 0.292 e. The topological polar surface area (TPSA) is 75.4 Å². The second kappa shape index (κ2) is 8.41. The van der Waals surface area contributed by atoms with Crippen LogP contribution in [0.1, 0.15) is 10.6 Å². The number of hydrogen-bond donors (Lipinski definition) is 1. The molecule has 0 spiro atoms. The van der Waals surface area contributed by atoms with E-state index in [9.17, 15) is 14.0 Å². The predicted octanol–water partition coefficient (Wildman–Crippen LogP) is 4.50. The van der Waals surface area contributed by atoms with Crippen molar-refractivity contribution in [1.82, 2.24) is 10.1 Å². The highest BCUT2D eigenvalue weighted by atomic mass is 35.5. The molecule has 0 radical (unpaired) electrons. The maximum Gasteiger partial charge on any atom is 0.292 e. The maximum atomic E-state index is 13.3. The summed E-state index contributed by atoms with van der Waals surface area (Å²) in [5, 5.41) is 7.07. The van der Waals surface area contributed by atoms with Crippen LogP contribution in [-0.4, -0.2) is 35.5 Å². The van der Waals surface area contributed by atoms with Crippen LogP contribution >= 0.6 is 23.2 Å². The van der Waals surface area contributed by atoms with Gasteiger partial charge in [-0.25, -0.2) is 4.39 Å². The number of benzene rings is 2. The highest BCUT2D eigenvalue weighted by Gasteiger charge is 2.20. The van der Waals surface area contributed by atoms with Crippen LogP contribution in [0.15, 0.2) is 53.1 Å². The Kier molecular flexibility index (Phi) is 5.96. The van der Waals surface area contributed by atoms with Crippen LogP contribution in [-0.2, 0) is 4.79 Å². The molecule has 1 N–H and O–H groups in total. The molecule has 3 rings (SSSR count). The first-order chi connectivity index (χ1) is 13.3. The summed E-state index contributed by atoms with van der Waals surface area (Å²) in [6, 6.07) is 11.8. The fraction of sp³-hybridized carbons (Fsp3) is 0.105. The lowest BCUT2D eigenvalue weighted by Crippen LogP contribution is -2.34. The van der Waals surface area contributed by atoms with Crippen LogP contribution in [0.5, 0.6) is 0 Å². The maximum absolute atomic E-state index is 13.3. The van der Waals surface area contributed by atoms with E-state index in [1.54, 1.807) is 18.2 Å². The van der Waals surface area contributed by atoms with Crippen LogP contribution in [0, 0.1) is 5.82 Å². The van der Waals surface area contributed by atoms with Gasteiger partial charge in [0.1, 0.15) is 11.5 Å². The average Bonchev–Trinajstić information content (AvgIpc) is 3.14. The molecule has 0 atom stereocenters. The van der Waals surface area contributed by atoms with Gasteiger partial charge in [-0.1, -0.05) is 40.5 Å². The van der Waals surface area contributed by atoms with Gasteiger partial charge in [-0.15, -0.1) is 0 Å².